The van der Waals surface area contributed by atoms with Gasteiger partial charge in [-0.15, -0.1) is 0 Å². The fourth-order valence-electron chi connectivity index (χ4n) is 2.27. The smallest absolute Gasteiger partial charge is 0.251 e. The van der Waals surface area contributed by atoms with Gasteiger partial charge in [-0.05, 0) is 43.5 Å². The van der Waals surface area contributed by atoms with Crippen LogP contribution in [0.3, 0.4) is 0 Å². The molecule has 104 valence electrons. The number of hydrogen-bond donors (Lipinski definition) is 2. The van der Waals surface area contributed by atoms with E-state index in [9.17, 15) is 13.2 Å². The topological polar surface area (TPSA) is 89.3 Å². The number of nitrogens with two attached hydrogens (primary N) is 1. The average molecular weight is 282 g/mol. The van der Waals surface area contributed by atoms with Gasteiger partial charge in [0.1, 0.15) is 0 Å². The highest BCUT2D eigenvalue weighted by atomic mass is 32.2. The minimum atomic E-state index is -3.23. The SMILES string of the molecule is CS(=O)(=O)c1ccc(C(=O)NC2CCCC2N)cc1. The van der Waals surface area contributed by atoms with E-state index in [0.29, 0.717) is 5.56 Å². The fourth-order valence-corrected chi connectivity index (χ4v) is 2.90. The van der Waals surface area contributed by atoms with Crippen LogP contribution in [-0.4, -0.2) is 32.7 Å². The molecule has 2 unspecified atom stereocenters. The van der Waals surface area contributed by atoms with Crippen molar-refractivity contribution in [3.8, 4) is 0 Å². The highest BCUT2D eigenvalue weighted by Crippen LogP contribution is 2.18. The van der Waals surface area contributed by atoms with Crippen molar-refractivity contribution in [1.29, 1.82) is 0 Å². The first-order valence-corrected chi connectivity index (χ1v) is 8.13. The zero-order valence-corrected chi connectivity index (χ0v) is 11.6. The molecule has 1 aliphatic rings. The van der Waals surface area contributed by atoms with Gasteiger partial charge in [0.05, 0.1) is 4.90 Å². The summed E-state index contributed by atoms with van der Waals surface area (Å²) in [6, 6.07) is 5.96. The summed E-state index contributed by atoms with van der Waals surface area (Å²) < 4.78 is 22.6. The third-order valence-corrected chi connectivity index (χ3v) is 4.56. The minimum Gasteiger partial charge on any atom is -0.348 e. The predicted octanol–water partition coefficient (Wildman–Crippen LogP) is 0.700. The van der Waals surface area contributed by atoms with E-state index in [2.05, 4.69) is 5.32 Å². The Balaban J connectivity index is 2.08. The molecule has 1 amide bonds. The minimum absolute atomic E-state index is 0.0132. The van der Waals surface area contributed by atoms with E-state index in [1.807, 2.05) is 0 Å². The monoisotopic (exact) mass is 282 g/mol. The highest BCUT2D eigenvalue weighted by Gasteiger charge is 2.25. The lowest BCUT2D eigenvalue weighted by molar-refractivity contribution is 0.0934. The molecule has 1 fully saturated rings. The van der Waals surface area contributed by atoms with Gasteiger partial charge in [0.15, 0.2) is 9.84 Å². The largest absolute Gasteiger partial charge is 0.348 e. The molecule has 2 rings (SSSR count). The van der Waals surface area contributed by atoms with Gasteiger partial charge in [-0.2, -0.15) is 0 Å². The van der Waals surface area contributed by atoms with E-state index < -0.39 is 9.84 Å². The zero-order chi connectivity index (χ0) is 14.0. The second kappa shape index (κ2) is 5.30. The lowest BCUT2D eigenvalue weighted by atomic mass is 10.1. The number of amides is 1. The van der Waals surface area contributed by atoms with E-state index in [1.54, 1.807) is 0 Å². The lowest BCUT2D eigenvalue weighted by Crippen LogP contribution is -2.43. The Labute approximate surface area is 113 Å². The molecule has 1 aromatic carbocycles. The fraction of sp³-hybridized carbons (Fsp3) is 0.462. The number of hydrogen-bond acceptors (Lipinski definition) is 4. The highest BCUT2D eigenvalue weighted by molar-refractivity contribution is 7.90. The van der Waals surface area contributed by atoms with E-state index in [0.717, 1.165) is 25.5 Å². The maximum atomic E-state index is 12.0. The van der Waals surface area contributed by atoms with Crippen LogP contribution in [0.2, 0.25) is 0 Å². The molecule has 1 aliphatic carbocycles. The van der Waals surface area contributed by atoms with Crippen LogP contribution in [-0.2, 0) is 9.84 Å². The van der Waals surface area contributed by atoms with Crippen molar-refractivity contribution in [1.82, 2.24) is 5.32 Å². The van der Waals surface area contributed by atoms with E-state index in [-0.39, 0.29) is 22.9 Å². The molecular formula is C13H18N2O3S. The van der Waals surface area contributed by atoms with Crippen LogP contribution in [0.15, 0.2) is 29.2 Å². The second-order valence-electron chi connectivity index (χ2n) is 4.97. The standard InChI is InChI=1S/C13H18N2O3S/c1-19(17,18)10-7-5-9(6-8-10)13(16)15-12-4-2-3-11(12)14/h5-8,11-12H,2-4,14H2,1H3,(H,15,16). The van der Waals surface area contributed by atoms with Crippen molar-refractivity contribution in [3.63, 3.8) is 0 Å². The van der Waals surface area contributed by atoms with E-state index >= 15 is 0 Å². The summed E-state index contributed by atoms with van der Waals surface area (Å²) >= 11 is 0. The van der Waals surface area contributed by atoms with Gasteiger partial charge >= 0.3 is 0 Å². The van der Waals surface area contributed by atoms with Gasteiger partial charge in [-0.25, -0.2) is 8.42 Å². The molecule has 0 heterocycles. The second-order valence-corrected chi connectivity index (χ2v) is 6.99. The first-order chi connectivity index (χ1) is 8.88. The van der Waals surface area contributed by atoms with Crippen LogP contribution in [0, 0.1) is 0 Å². The van der Waals surface area contributed by atoms with Crippen LogP contribution in [0.25, 0.3) is 0 Å². The normalized spacial score (nSPS) is 23.3. The maximum absolute atomic E-state index is 12.0. The molecule has 0 spiro atoms. The van der Waals surface area contributed by atoms with E-state index in [1.165, 1.54) is 24.3 Å². The Morgan fingerprint density at radius 1 is 1.26 bits per heavy atom. The molecule has 2 atom stereocenters. The Morgan fingerprint density at radius 3 is 2.37 bits per heavy atom. The number of carbonyl (C=O) groups is 1. The van der Waals surface area contributed by atoms with Gasteiger partial charge in [0.2, 0.25) is 0 Å². The predicted molar refractivity (Wildman–Crippen MR) is 72.6 cm³/mol. The van der Waals surface area contributed by atoms with Crippen LogP contribution >= 0.6 is 0 Å². The van der Waals surface area contributed by atoms with Crippen LogP contribution in [0.5, 0.6) is 0 Å². The van der Waals surface area contributed by atoms with Crippen molar-refractivity contribution < 1.29 is 13.2 Å². The summed E-state index contributed by atoms with van der Waals surface area (Å²) in [6.45, 7) is 0. The Bertz CT molecular complexity index is 566. The molecule has 3 N–H and O–H groups in total. The molecule has 19 heavy (non-hydrogen) atoms. The molecule has 0 radical (unpaired) electrons. The van der Waals surface area contributed by atoms with Gasteiger partial charge in [-0.3, -0.25) is 4.79 Å². The van der Waals surface area contributed by atoms with Gasteiger partial charge in [0.25, 0.3) is 5.91 Å². The molecule has 6 heteroatoms. The summed E-state index contributed by atoms with van der Waals surface area (Å²) in [5, 5.41) is 2.89. The van der Waals surface area contributed by atoms with Crippen molar-refractivity contribution in [2.24, 2.45) is 5.73 Å². The third kappa shape index (κ3) is 3.33. The van der Waals surface area contributed by atoms with Crippen LogP contribution < -0.4 is 11.1 Å². The molecule has 1 saturated carbocycles. The maximum Gasteiger partial charge on any atom is 0.251 e. The Hall–Kier alpha value is -1.40. The third-order valence-electron chi connectivity index (χ3n) is 3.43. The molecule has 0 saturated heterocycles. The summed E-state index contributed by atoms with van der Waals surface area (Å²) in [4.78, 5) is 12.2. The lowest BCUT2D eigenvalue weighted by Gasteiger charge is -2.17. The molecule has 0 aromatic heterocycles. The number of sulfone groups is 1. The first-order valence-electron chi connectivity index (χ1n) is 6.24. The van der Waals surface area contributed by atoms with Crippen molar-refractivity contribution in [3.05, 3.63) is 29.8 Å². The first kappa shape index (κ1) is 14.0. The summed E-state index contributed by atoms with van der Waals surface area (Å²) in [5.41, 5.74) is 6.34. The molecule has 1 aromatic rings. The van der Waals surface area contributed by atoms with Gasteiger partial charge in [0, 0.05) is 23.9 Å². The zero-order valence-electron chi connectivity index (χ0n) is 10.8. The number of nitrogens with one attached hydrogen (secondary N) is 1. The quantitative estimate of drug-likeness (QED) is 0.854. The molecular weight excluding hydrogens is 264 g/mol. The average Bonchev–Trinajstić information content (AvgIpc) is 2.74. The van der Waals surface area contributed by atoms with Gasteiger partial charge < -0.3 is 11.1 Å². The Kier molecular flexibility index (Phi) is 3.91. The van der Waals surface area contributed by atoms with E-state index in [4.69, 9.17) is 5.73 Å². The Morgan fingerprint density at radius 2 is 1.89 bits per heavy atom. The van der Waals surface area contributed by atoms with Crippen molar-refractivity contribution >= 4 is 15.7 Å². The molecule has 5 nitrogen and oxygen atoms in total. The molecule has 0 bridgehead atoms. The number of benzene rings is 1. The van der Waals surface area contributed by atoms with Crippen molar-refractivity contribution in [2.75, 3.05) is 6.26 Å². The summed E-state index contributed by atoms with van der Waals surface area (Å²) in [6.07, 6.45) is 3.99. The number of rotatable bonds is 3. The van der Waals surface area contributed by atoms with Crippen LogP contribution in [0.1, 0.15) is 29.6 Å². The molecule has 0 aliphatic heterocycles. The van der Waals surface area contributed by atoms with Crippen LogP contribution in [0.4, 0.5) is 0 Å². The summed E-state index contributed by atoms with van der Waals surface area (Å²) in [7, 11) is -3.23. The summed E-state index contributed by atoms with van der Waals surface area (Å²) in [5.74, 6) is -0.206. The van der Waals surface area contributed by atoms with Crippen molar-refractivity contribution in [2.45, 2.75) is 36.2 Å². The van der Waals surface area contributed by atoms with Gasteiger partial charge in [-0.1, -0.05) is 0 Å². The number of carbonyl (C=O) groups excluding carboxylic acids is 1.